The molecule has 2 rings (SSSR count). The SMILES string of the molecule is COC(=O)c1ccc(C(=O)OC)c(NC(=O)c2cnc(C)o2)c1. The van der Waals surface area contributed by atoms with Gasteiger partial charge in [0.1, 0.15) is 0 Å². The summed E-state index contributed by atoms with van der Waals surface area (Å²) in [7, 11) is 2.44. The third kappa shape index (κ3) is 3.54. The fraction of sp³-hybridized carbons (Fsp3) is 0.200. The third-order valence-corrected chi connectivity index (χ3v) is 2.94. The van der Waals surface area contributed by atoms with Crippen molar-refractivity contribution >= 4 is 23.5 Å². The number of aromatic nitrogens is 1. The first-order chi connectivity index (χ1) is 11.0. The molecule has 2 aromatic rings. The van der Waals surface area contributed by atoms with E-state index in [4.69, 9.17) is 4.42 Å². The fourth-order valence-electron chi connectivity index (χ4n) is 1.83. The number of benzene rings is 1. The van der Waals surface area contributed by atoms with E-state index >= 15 is 0 Å². The summed E-state index contributed by atoms with van der Waals surface area (Å²) in [6.07, 6.45) is 1.26. The largest absolute Gasteiger partial charge is 0.465 e. The Kier molecular flexibility index (Phi) is 4.75. The number of anilines is 1. The van der Waals surface area contributed by atoms with E-state index in [2.05, 4.69) is 19.8 Å². The second-order valence-corrected chi connectivity index (χ2v) is 4.44. The van der Waals surface area contributed by atoms with Gasteiger partial charge in [0.15, 0.2) is 5.89 Å². The van der Waals surface area contributed by atoms with E-state index in [1.165, 1.54) is 38.6 Å². The number of aryl methyl sites for hydroxylation is 1. The Morgan fingerprint density at radius 3 is 2.39 bits per heavy atom. The Labute approximate surface area is 131 Å². The molecule has 0 aliphatic rings. The van der Waals surface area contributed by atoms with E-state index in [-0.39, 0.29) is 22.6 Å². The molecule has 1 aromatic heterocycles. The number of ether oxygens (including phenoxy) is 2. The standard InChI is InChI=1S/C15H14N2O6/c1-8-16-7-12(23-8)13(18)17-11-6-9(14(19)21-2)4-5-10(11)15(20)22-3/h4-7H,1-3H3,(H,17,18). The molecule has 0 fully saturated rings. The van der Waals surface area contributed by atoms with Crippen molar-refractivity contribution in [2.45, 2.75) is 6.92 Å². The zero-order valence-corrected chi connectivity index (χ0v) is 12.7. The van der Waals surface area contributed by atoms with Gasteiger partial charge in [-0.15, -0.1) is 0 Å². The van der Waals surface area contributed by atoms with Crippen LogP contribution in [0.5, 0.6) is 0 Å². The Morgan fingerprint density at radius 2 is 1.83 bits per heavy atom. The molecule has 8 heteroatoms. The molecule has 120 valence electrons. The van der Waals surface area contributed by atoms with Gasteiger partial charge in [0.25, 0.3) is 5.91 Å². The van der Waals surface area contributed by atoms with E-state index in [9.17, 15) is 14.4 Å². The lowest BCUT2D eigenvalue weighted by Crippen LogP contribution is -2.16. The average molecular weight is 318 g/mol. The van der Waals surface area contributed by atoms with Gasteiger partial charge >= 0.3 is 11.9 Å². The van der Waals surface area contributed by atoms with Gasteiger partial charge in [-0.3, -0.25) is 4.79 Å². The number of hydrogen-bond donors (Lipinski definition) is 1. The zero-order chi connectivity index (χ0) is 17.0. The lowest BCUT2D eigenvalue weighted by Gasteiger charge is -2.10. The van der Waals surface area contributed by atoms with Gasteiger partial charge in [-0.2, -0.15) is 0 Å². The molecule has 0 saturated carbocycles. The smallest absolute Gasteiger partial charge is 0.339 e. The van der Waals surface area contributed by atoms with E-state index in [0.29, 0.717) is 5.89 Å². The maximum Gasteiger partial charge on any atom is 0.339 e. The predicted molar refractivity (Wildman–Crippen MR) is 78.3 cm³/mol. The number of amides is 1. The number of oxazole rings is 1. The van der Waals surface area contributed by atoms with Gasteiger partial charge in [0.2, 0.25) is 5.76 Å². The number of carbonyl (C=O) groups excluding carboxylic acids is 3. The van der Waals surface area contributed by atoms with Crippen LogP contribution in [0.1, 0.15) is 37.2 Å². The highest BCUT2D eigenvalue weighted by atomic mass is 16.5. The molecule has 0 aliphatic carbocycles. The van der Waals surface area contributed by atoms with Crippen LogP contribution in [0, 0.1) is 6.92 Å². The molecule has 23 heavy (non-hydrogen) atoms. The van der Waals surface area contributed by atoms with Gasteiger partial charge in [0.05, 0.1) is 37.2 Å². The van der Waals surface area contributed by atoms with Crippen LogP contribution in [0.15, 0.2) is 28.8 Å². The van der Waals surface area contributed by atoms with Crippen molar-refractivity contribution in [3.8, 4) is 0 Å². The number of methoxy groups -OCH3 is 2. The van der Waals surface area contributed by atoms with Crippen LogP contribution in [0.2, 0.25) is 0 Å². The highest BCUT2D eigenvalue weighted by molar-refractivity contribution is 6.07. The number of esters is 2. The predicted octanol–water partition coefficient (Wildman–Crippen LogP) is 1.81. The maximum absolute atomic E-state index is 12.1. The van der Waals surface area contributed by atoms with Crippen molar-refractivity contribution in [1.82, 2.24) is 4.98 Å². The first kappa shape index (κ1) is 16.2. The molecule has 1 heterocycles. The van der Waals surface area contributed by atoms with Gasteiger partial charge < -0.3 is 19.2 Å². The van der Waals surface area contributed by atoms with Crippen LogP contribution >= 0.6 is 0 Å². The second-order valence-electron chi connectivity index (χ2n) is 4.44. The third-order valence-electron chi connectivity index (χ3n) is 2.94. The van der Waals surface area contributed by atoms with Gasteiger partial charge in [-0.25, -0.2) is 14.6 Å². The lowest BCUT2D eigenvalue weighted by molar-refractivity contribution is 0.0587. The van der Waals surface area contributed by atoms with Crippen LogP contribution in [-0.2, 0) is 9.47 Å². The van der Waals surface area contributed by atoms with Crippen LogP contribution in [0.4, 0.5) is 5.69 Å². The normalized spacial score (nSPS) is 10.0. The molecule has 0 atom stereocenters. The van der Waals surface area contributed by atoms with E-state index in [1.807, 2.05) is 0 Å². The van der Waals surface area contributed by atoms with Crippen molar-refractivity contribution in [2.75, 3.05) is 19.5 Å². The number of hydrogen-bond acceptors (Lipinski definition) is 7. The minimum Gasteiger partial charge on any atom is -0.465 e. The molecule has 8 nitrogen and oxygen atoms in total. The summed E-state index contributed by atoms with van der Waals surface area (Å²) in [5.74, 6) is -1.58. The Hall–Kier alpha value is -3.16. The van der Waals surface area contributed by atoms with Crippen LogP contribution < -0.4 is 5.32 Å². The summed E-state index contributed by atoms with van der Waals surface area (Å²) < 4.78 is 14.4. The molecule has 0 saturated heterocycles. The molecular weight excluding hydrogens is 304 g/mol. The summed E-state index contributed by atoms with van der Waals surface area (Å²) in [5, 5.41) is 2.49. The lowest BCUT2D eigenvalue weighted by atomic mass is 10.1. The van der Waals surface area contributed by atoms with E-state index < -0.39 is 17.8 Å². The number of rotatable bonds is 4. The first-order valence-electron chi connectivity index (χ1n) is 6.50. The zero-order valence-electron chi connectivity index (χ0n) is 12.7. The maximum atomic E-state index is 12.1. The molecule has 0 aliphatic heterocycles. The summed E-state index contributed by atoms with van der Waals surface area (Å²) >= 11 is 0. The molecular formula is C15H14N2O6. The minimum atomic E-state index is -0.662. The van der Waals surface area contributed by atoms with Gasteiger partial charge in [0, 0.05) is 6.92 Å². The Morgan fingerprint density at radius 1 is 1.13 bits per heavy atom. The number of carbonyl (C=O) groups is 3. The van der Waals surface area contributed by atoms with Crippen molar-refractivity contribution in [2.24, 2.45) is 0 Å². The number of nitrogens with zero attached hydrogens (tertiary/aromatic N) is 1. The Bertz CT molecular complexity index is 765. The van der Waals surface area contributed by atoms with Crippen molar-refractivity contribution < 1.29 is 28.3 Å². The average Bonchev–Trinajstić information content (AvgIpc) is 3.00. The van der Waals surface area contributed by atoms with E-state index in [0.717, 1.165) is 0 Å². The van der Waals surface area contributed by atoms with Crippen LogP contribution in [-0.4, -0.2) is 37.0 Å². The molecule has 1 N–H and O–H groups in total. The molecule has 0 bridgehead atoms. The summed E-state index contributed by atoms with van der Waals surface area (Å²) in [6.45, 7) is 1.59. The highest BCUT2D eigenvalue weighted by Gasteiger charge is 2.19. The van der Waals surface area contributed by atoms with Crippen molar-refractivity contribution in [3.05, 3.63) is 47.2 Å². The molecule has 1 amide bonds. The highest BCUT2D eigenvalue weighted by Crippen LogP contribution is 2.20. The van der Waals surface area contributed by atoms with Crippen molar-refractivity contribution in [3.63, 3.8) is 0 Å². The van der Waals surface area contributed by atoms with Gasteiger partial charge in [-0.1, -0.05) is 0 Å². The molecule has 1 aromatic carbocycles. The summed E-state index contributed by atoms with van der Waals surface area (Å²) in [4.78, 5) is 39.3. The second kappa shape index (κ2) is 6.73. The topological polar surface area (TPSA) is 108 Å². The van der Waals surface area contributed by atoms with Crippen molar-refractivity contribution in [1.29, 1.82) is 0 Å². The molecule has 0 unspecified atom stereocenters. The van der Waals surface area contributed by atoms with Crippen LogP contribution in [0.3, 0.4) is 0 Å². The fourth-order valence-corrected chi connectivity index (χ4v) is 1.83. The van der Waals surface area contributed by atoms with E-state index in [1.54, 1.807) is 6.92 Å². The van der Waals surface area contributed by atoms with Crippen LogP contribution in [0.25, 0.3) is 0 Å². The summed E-state index contributed by atoms with van der Waals surface area (Å²) in [5.41, 5.74) is 0.354. The molecule has 0 spiro atoms. The Balaban J connectivity index is 2.38. The first-order valence-corrected chi connectivity index (χ1v) is 6.50. The number of nitrogens with one attached hydrogen (secondary N) is 1. The quantitative estimate of drug-likeness (QED) is 0.856. The monoisotopic (exact) mass is 318 g/mol. The molecule has 0 radical (unpaired) electrons. The van der Waals surface area contributed by atoms with Gasteiger partial charge in [-0.05, 0) is 18.2 Å². The minimum absolute atomic E-state index is 0.0261. The summed E-state index contributed by atoms with van der Waals surface area (Å²) in [6, 6.07) is 4.07.